The van der Waals surface area contributed by atoms with E-state index in [0.717, 1.165) is 18.5 Å². The van der Waals surface area contributed by atoms with Crippen LogP contribution in [0.1, 0.15) is 0 Å². The number of rotatable bonds is 0. The van der Waals surface area contributed by atoms with Crippen LogP contribution in [0, 0.1) is 16.8 Å². The Labute approximate surface area is 133 Å². The number of pyridine rings is 4. The lowest BCUT2D eigenvalue weighted by molar-refractivity contribution is -0.577. The minimum absolute atomic E-state index is 0.248. The lowest BCUT2D eigenvalue weighted by Gasteiger charge is -1.98. The first-order chi connectivity index (χ1) is 11.5. The Kier molecular flexibility index (Phi) is 4.11. The average molecular weight is 328 g/mol. The molecule has 0 bridgehead atoms. The van der Waals surface area contributed by atoms with Gasteiger partial charge in [-0.15, -0.1) is 0 Å². The quantitative estimate of drug-likeness (QED) is 0.395. The predicted octanol–water partition coefficient (Wildman–Crippen LogP) is 2.07. The molecule has 0 spiro atoms. The average Bonchev–Trinajstić information content (AvgIpc) is 2.56. The fourth-order valence-electron chi connectivity index (χ4n) is 2.05. The Morgan fingerprint density at radius 3 is 2.50 bits per heavy atom. The van der Waals surface area contributed by atoms with Crippen LogP contribution in [0.4, 0.5) is 8.78 Å². The summed E-state index contributed by atoms with van der Waals surface area (Å²) in [6.07, 6.45) is 3.51. The fourth-order valence-corrected chi connectivity index (χ4v) is 2.05. The van der Waals surface area contributed by atoms with Crippen molar-refractivity contribution in [3.8, 4) is 0 Å². The van der Waals surface area contributed by atoms with Crippen molar-refractivity contribution in [1.29, 1.82) is 0 Å². The van der Waals surface area contributed by atoms with Gasteiger partial charge < -0.3 is 10.2 Å². The number of aromatic amines is 1. The van der Waals surface area contributed by atoms with E-state index in [1.807, 2.05) is 0 Å². The topological polar surface area (TPSA) is 85.6 Å². The first-order valence-electron chi connectivity index (χ1n) is 6.81. The number of hydrogen-bond donors (Lipinski definition) is 1. The van der Waals surface area contributed by atoms with Gasteiger partial charge in [0.2, 0.25) is 11.1 Å². The molecule has 0 amide bonds. The molecule has 4 heterocycles. The second-order valence-corrected chi connectivity index (χ2v) is 4.80. The van der Waals surface area contributed by atoms with Gasteiger partial charge in [-0.2, -0.15) is 4.73 Å². The summed E-state index contributed by atoms with van der Waals surface area (Å²) < 4.78 is 25.8. The molecule has 0 aliphatic heterocycles. The van der Waals surface area contributed by atoms with Gasteiger partial charge in [0.15, 0.2) is 6.20 Å². The third kappa shape index (κ3) is 3.32. The van der Waals surface area contributed by atoms with Gasteiger partial charge in [0.05, 0.1) is 29.5 Å². The lowest BCUT2D eigenvalue weighted by Crippen LogP contribution is -2.26. The number of aromatic nitrogens is 4. The van der Waals surface area contributed by atoms with E-state index < -0.39 is 11.6 Å². The summed E-state index contributed by atoms with van der Waals surface area (Å²) in [6, 6.07) is 8.53. The molecule has 6 nitrogen and oxygen atoms in total. The molecule has 0 atom stereocenters. The highest BCUT2D eigenvalue weighted by atomic mass is 19.1. The Hall–Kier alpha value is -3.42. The zero-order chi connectivity index (χ0) is 17.1. The van der Waals surface area contributed by atoms with Crippen molar-refractivity contribution < 1.29 is 13.5 Å². The van der Waals surface area contributed by atoms with Crippen molar-refractivity contribution in [1.82, 2.24) is 15.0 Å². The Bertz CT molecular complexity index is 1080. The van der Waals surface area contributed by atoms with Crippen LogP contribution >= 0.6 is 0 Å². The van der Waals surface area contributed by atoms with E-state index in [0.29, 0.717) is 21.3 Å². The zero-order valence-corrected chi connectivity index (χ0v) is 12.1. The van der Waals surface area contributed by atoms with Crippen molar-refractivity contribution in [3.05, 3.63) is 82.2 Å². The molecular weight excluding hydrogens is 318 g/mol. The molecule has 0 fully saturated rings. The van der Waals surface area contributed by atoms with E-state index in [-0.39, 0.29) is 11.1 Å². The van der Waals surface area contributed by atoms with Gasteiger partial charge in [0.25, 0.3) is 0 Å². The SMILES string of the molecule is O=c1ccc2ncc(F)cc2[nH]1.[O-][n+]1cccc2ncc(F)cc21. The molecule has 4 aromatic heterocycles. The fraction of sp³-hybridized carbons (Fsp3) is 0. The van der Waals surface area contributed by atoms with E-state index in [1.54, 1.807) is 18.2 Å². The van der Waals surface area contributed by atoms with E-state index >= 15 is 0 Å². The Balaban J connectivity index is 0.000000141. The normalized spacial score (nSPS) is 10.4. The van der Waals surface area contributed by atoms with Crippen molar-refractivity contribution in [2.75, 3.05) is 0 Å². The number of halogens is 2. The molecule has 4 rings (SSSR count). The van der Waals surface area contributed by atoms with Gasteiger partial charge in [-0.05, 0) is 12.1 Å². The summed E-state index contributed by atoms with van der Waals surface area (Å²) in [4.78, 5) is 20.8. The molecule has 8 heteroatoms. The van der Waals surface area contributed by atoms with Crippen molar-refractivity contribution >= 4 is 22.1 Å². The van der Waals surface area contributed by atoms with E-state index in [1.165, 1.54) is 18.3 Å². The summed E-state index contributed by atoms with van der Waals surface area (Å²) >= 11 is 0. The monoisotopic (exact) mass is 328 g/mol. The molecule has 24 heavy (non-hydrogen) atoms. The summed E-state index contributed by atoms with van der Waals surface area (Å²) in [5.74, 6) is -0.956. The largest absolute Gasteiger partial charge is 0.618 e. The van der Waals surface area contributed by atoms with Gasteiger partial charge in [0.1, 0.15) is 17.2 Å². The molecular formula is C16H10F2N4O2. The van der Waals surface area contributed by atoms with Crippen LogP contribution in [0.25, 0.3) is 22.1 Å². The summed E-state index contributed by atoms with van der Waals surface area (Å²) in [7, 11) is 0. The molecule has 0 radical (unpaired) electrons. The van der Waals surface area contributed by atoms with Gasteiger partial charge in [0, 0.05) is 18.2 Å². The van der Waals surface area contributed by atoms with Crippen molar-refractivity contribution in [3.63, 3.8) is 0 Å². The molecule has 0 unspecified atom stereocenters. The van der Waals surface area contributed by atoms with Gasteiger partial charge in [-0.1, -0.05) is 0 Å². The van der Waals surface area contributed by atoms with Crippen molar-refractivity contribution in [2.24, 2.45) is 0 Å². The highest BCUT2D eigenvalue weighted by Crippen LogP contribution is 2.07. The molecule has 1 N–H and O–H groups in total. The number of nitrogens with one attached hydrogen (secondary N) is 1. The summed E-state index contributed by atoms with van der Waals surface area (Å²) in [5, 5.41) is 11.0. The standard InChI is InChI=1S/2C8H5FN2O/c9-5-3-7-6(10-4-5)1-2-8(12)11-7;9-6-4-8-7(10-5-6)2-1-3-11(8)12/h1-4H,(H,11,12);1-5H. The molecule has 0 saturated carbocycles. The van der Waals surface area contributed by atoms with Crippen LogP contribution < -0.4 is 10.3 Å². The van der Waals surface area contributed by atoms with Crippen LogP contribution in [0.2, 0.25) is 0 Å². The zero-order valence-electron chi connectivity index (χ0n) is 12.1. The molecule has 0 aliphatic carbocycles. The minimum atomic E-state index is -0.502. The third-order valence-electron chi connectivity index (χ3n) is 3.11. The van der Waals surface area contributed by atoms with E-state index in [4.69, 9.17) is 0 Å². The maximum absolute atomic E-state index is 12.6. The highest BCUT2D eigenvalue weighted by molar-refractivity contribution is 5.73. The molecule has 0 saturated heterocycles. The minimum Gasteiger partial charge on any atom is -0.618 e. The van der Waals surface area contributed by atoms with Crippen LogP contribution in [-0.4, -0.2) is 15.0 Å². The first-order valence-corrected chi connectivity index (χ1v) is 6.81. The summed E-state index contributed by atoms with van der Waals surface area (Å²) in [6.45, 7) is 0. The second kappa shape index (κ2) is 6.37. The predicted molar refractivity (Wildman–Crippen MR) is 83.0 cm³/mol. The second-order valence-electron chi connectivity index (χ2n) is 4.80. The first kappa shape index (κ1) is 15.5. The third-order valence-corrected chi connectivity index (χ3v) is 3.11. The Morgan fingerprint density at radius 1 is 1.00 bits per heavy atom. The smallest absolute Gasteiger partial charge is 0.248 e. The van der Waals surface area contributed by atoms with Crippen LogP contribution in [0.15, 0.2) is 59.8 Å². The van der Waals surface area contributed by atoms with Crippen LogP contribution in [-0.2, 0) is 0 Å². The van der Waals surface area contributed by atoms with Crippen LogP contribution in [0.3, 0.4) is 0 Å². The highest BCUT2D eigenvalue weighted by Gasteiger charge is 2.04. The number of fused-ring (bicyclic) bond motifs is 2. The maximum atomic E-state index is 12.6. The van der Waals surface area contributed by atoms with Gasteiger partial charge >= 0.3 is 0 Å². The number of hydrogen-bond acceptors (Lipinski definition) is 4. The number of nitrogens with zero attached hydrogens (tertiary/aromatic N) is 3. The molecule has 4 aromatic rings. The van der Waals surface area contributed by atoms with E-state index in [2.05, 4.69) is 15.0 Å². The molecule has 0 aliphatic rings. The van der Waals surface area contributed by atoms with Crippen LogP contribution in [0.5, 0.6) is 0 Å². The maximum Gasteiger partial charge on any atom is 0.248 e. The van der Waals surface area contributed by atoms with Crippen molar-refractivity contribution in [2.45, 2.75) is 0 Å². The number of H-pyrrole nitrogens is 1. The lowest BCUT2D eigenvalue weighted by atomic mass is 10.3. The van der Waals surface area contributed by atoms with Gasteiger partial charge in [-0.3, -0.25) is 9.78 Å². The molecule has 0 aromatic carbocycles. The summed E-state index contributed by atoms with van der Waals surface area (Å²) in [5.41, 5.74) is 1.49. The Morgan fingerprint density at radius 2 is 1.71 bits per heavy atom. The molecule has 120 valence electrons. The van der Waals surface area contributed by atoms with Gasteiger partial charge in [-0.25, -0.2) is 13.8 Å². The van der Waals surface area contributed by atoms with E-state index in [9.17, 15) is 18.8 Å².